The Balaban J connectivity index is 2.18. The van der Waals surface area contributed by atoms with Crippen LogP contribution in [0.5, 0.6) is 0 Å². The molecule has 0 aliphatic heterocycles. The number of benzene rings is 1. The van der Waals surface area contributed by atoms with Gasteiger partial charge in [-0.15, -0.1) is 0 Å². The average molecular weight is 389 g/mol. The van der Waals surface area contributed by atoms with Crippen molar-refractivity contribution in [3.63, 3.8) is 0 Å². The minimum absolute atomic E-state index is 0.0986. The predicted molar refractivity (Wildman–Crippen MR) is 101 cm³/mol. The summed E-state index contributed by atoms with van der Waals surface area (Å²) in [5.41, 5.74) is -1.20. The van der Waals surface area contributed by atoms with Crippen molar-refractivity contribution < 1.29 is 13.2 Å². The van der Waals surface area contributed by atoms with Gasteiger partial charge in [0.1, 0.15) is 6.07 Å². The van der Waals surface area contributed by atoms with Gasteiger partial charge in [-0.2, -0.15) is 18.4 Å². The van der Waals surface area contributed by atoms with Gasteiger partial charge < -0.3 is 0 Å². The van der Waals surface area contributed by atoms with Gasteiger partial charge in [-0.3, -0.25) is 9.13 Å². The molecule has 0 fully saturated rings. The summed E-state index contributed by atoms with van der Waals surface area (Å²) in [6, 6.07) is 5.53. The molecule has 148 valence electrons. The highest BCUT2D eigenvalue weighted by molar-refractivity contribution is 5.55. The molecule has 3 rings (SSSR count). The fourth-order valence-corrected chi connectivity index (χ4v) is 3.69. The molecule has 1 aliphatic carbocycles. The Morgan fingerprint density at radius 1 is 1.21 bits per heavy atom. The van der Waals surface area contributed by atoms with Crippen molar-refractivity contribution in [1.82, 2.24) is 9.13 Å². The van der Waals surface area contributed by atoms with Crippen LogP contribution in [0.15, 0.2) is 23.0 Å². The normalized spacial score (nSPS) is 16.7. The van der Waals surface area contributed by atoms with E-state index in [1.807, 2.05) is 26.8 Å². The maximum absolute atomic E-state index is 13.3. The van der Waals surface area contributed by atoms with Crippen LogP contribution in [-0.4, -0.2) is 9.13 Å². The van der Waals surface area contributed by atoms with E-state index in [-0.39, 0.29) is 16.7 Å². The third kappa shape index (κ3) is 3.51. The lowest BCUT2D eigenvalue weighted by Gasteiger charge is -2.20. The smallest absolute Gasteiger partial charge is 0.295 e. The van der Waals surface area contributed by atoms with E-state index in [1.165, 1.54) is 10.6 Å². The number of nitrogens with zero attached hydrogens (tertiary/aromatic N) is 3. The fourth-order valence-electron chi connectivity index (χ4n) is 3.69. The molecule has 1 heterocycles. The molecule has 0 saturated carbocycles. The van der Waals surface area contributed by atoms with E-state index in [2.05, 4.69) is 0 Å². The highest BCUT2D eigenvalue weighted by Gasteiger charge is 2.35. The van der Waals surface area contributed by atoms with Gasteiger partial charge in [-0.1, -0.05) is 45.1 Å². The minimum atomic E-state index is -4.59. The molecule has 28 heavy (non-hydrogen) atoms. The molecule has 1 aromatic carbocycles. The Kier molecular flexibility index (Phi) is 4.78. The number of imidazole rings is 1. The topological polar surface area (TPSA) is 50.7 Å². The third-order valence-corrected chi connectivity index (χ3v) is 4.90. The second kappa shape index (κ2) is 6.69. The summed E-state index contributed by atoms with van der Waals surface area (Å²) in [6.07, 6.45) is -0.481. The molecule has 1 aliphatic rings. The van der Waals surface area contributed by atoms with Gasteiger partial charge in [0, 0.05) is 19.5 Å². The highest BCUT2D eigenvalue weighted by atomic mass is 19.4. The van der Waals surface area contributed by atoms with Crippen LogP contribution in [0.4, 0.5) is 13.2 Å². The molecule has 0 bridgehead atoms. The quantitative estimate of drug-likeness (QED) is 0.793. The summed E-state index contributed by atoms with van der Waals surface area (Å²) in [4.78, 5) is 12.7. The summed E-state index contributed by atoms with van der Waals surface area (Å²) >= 11 is 0. The Morgan fingerprint density at radius 2 is 1.89 bits per heavy atom. The largest absolute Gasteiger partial charge is 0.417 e. The molecule has 7 heteroatoms. The van der Waals surface area contributed by atoms with Crippen LogP contribution >= 0.6 is 0 Å². The molecule has 0 amide bonds. The van der Waals surface area contributed by atoms with Crippen molar-refractivity contribution in [2.24, 2.45) is 12.5 Å². The summed E-state index contributed by atoms with van der Waals surface area (Å²) in [6.45, 7) is 6.65. The SMILES string of the molecule is Cn1c2c(n(CC(C)(C)C)c1=O)=CCC(c1cccc(C(F)(F)F)c1C#N)C=2. The van der Waals surface area contributed by atoms with Crippen molar-refractivity contribution in [2.75, 3.05) is 0 Å². The van der Waals surface area contributed by atoms with Crippen molar-refractivity contribution in [3.8, 4) is 6.07 Å². The number of hydrogen-bond donors (Lipinski definition) is 0. The van der Waals surface area contributed by atoms with Gasteiger partial charge >= 0.3 is 11.9 Å². The molecule has 0 saturated heterocycles. The zero-order chi connectivity index (χ0) is 20.9. The van der Waals surface area contributed by atoms with Crippen LogP contribution in [0.2, 0.25) is 0 Å². The molecule has 1 atom stereocenters. The standard InChI is InChI=1S/C21H22F3N3O/c1-20(2,3)12-27-17-9-8-13(10-18(17)26(4)19(27)28)14-6-5-7-16(15(14)11-25)21(22,23)24/h5-7,9-10,13H,8,12H2,1-4H3. The molecule has 1 aromatic heterocycles. The molecule has 0 spiro atoms. The van der Waals surface area contributed by atoms with Crippen LogP contribution in [-0.2, 0) is 19.8 Å². The summed E-state index contributed by atoms with van der Waals surface area (Å²) in [5.74, 6) is -0.402. The monoisotopic (exact) mass is 389 g/mol. The number of alkyl halides is 3. The maximum Gasteiger partial charge on any atom is 0.417 e. The second-order valence-electron chi connectivity index (χ2n) is 8.35. The molecular weight excluding hydrogens is 367 g/mol. The lowest BCUT2D eigenvalue weighted by molar-refractivity contribution is -0.137. The van der Waals surface area contributed by atoms with E-state index in [4.69, 9.17) is 0 Å². The Labute approximate surface area is 160 Å². The first-order valence-electron chi connectivity index (χ1n) is 9.02. The van der Waals surface area contributed by atoms with E-state index >= 15 is 0 Å². The third-order valence-electron chi connectivity index (χ3n) is 4.90. The number of halogens is 3. The van der Waals surface area contributed by atoms with Gasteiger partial charge in [0.05, 0.1) is 21.8 Å². The first-order valence-corrected chi connectivity index (χ1v) is 9.02. The lowest BCUT2D eigenvalue weighted by Crippen LogP contribution is -2.38. The highest BCUT2D eigenvalue weighted by Crippen LogP contribution is 2.36. The van der Waals surface area contributed by atoms with Crippen LogP contribution in [0.25, 0.3) is 12.2 Å². The van der Waals surface area contributed by atoms with E-state index in [0.717, 1.165) is 11.4 Å². The Morgan fingerprint density at radius 3 is 2.46 bits per heavy atom. The molecular formula is C21H22F3N3O. The van der Waals surface area contributed by atoms with E-state index in [9.17, 15) is 23.2 Å². The van der Waals surface area contributed by atoms with Gasteiger partial charge in [0.2, 0.25) is 0 Å². The van der Waals surface area contributed by atoms with Crippen LogP contribution in [0.1, 0.15) is 49.8 Å². The summed E-state index contributed by atoms with van der Waals surface area (Å²) in [7, 11) is 1.66. The molecule has 0 N–H and O–H groups in total. The van der Waals surface area contributed by atoms with E-state index in [1.54, 1.807) is 29.8 Å². The van der Waals surface area contributed by atoms with Crippen molar-refractivity contribution in [1.29, 1.82) is 5.26 Å². The second-order valence-corrected chi connectivity index (χ2v) is 8.35. The molecule has 0 radical (unpaired) electrons. The van der Waals surface area contributed by atoms with E-state index < -0.39 is 17.7 Å². The zero-order valence-corrected chi connectivity index (χ0v) is 16.3. The number of rotatable bonds is 2. The zero-order valence-electron chi connectivity index (χ0n) is 16.3. The van der Waals surface area contributed by atoms with Gasteiger partial charge in [0.15, 0.2) is 0 Å². The van der Waals surface area contributed by atoms with Crippen LogP contribution in [0.3, 0.4) is 0 Å². The van der Waals surface area contributed by atoms with Crippen molar-refractivity contribution in [2.45, 2.75) is 45.8 Å². The average Bonchev–Trinajstić information content (AvgIpc) is 2.83. The van der Waals surface area contributed by atoms with E-state index in [0.29, 0.717) is 23.9 Å². The molecule has 1 unspecified atom stereocenters. The Bertz CT molecular complexity index is 1140. The number of aromatic nitrogens is 2. The maximum atomic E-state index is 13.3. The van der Waals surface area contributed by atoms with Crippen molar-refractivity contribution >= 4 is 12.2 Å². The van der Waals surface area contributed by atoms with Gasteiger partial charge in [-0.25, -0.2) is 4.79 Å². The number of nitriles is 1. The Hall–Kier alpha value is -2.75. The number of fused-ring (bicyclic) bond motifs is 1. The summed E-state index contributed by atoms with van der Waals surface area (Å²) < 4.78 is 43.1. The summed E-state index contributed by atoms with van der Waals surface area (Å²) in [5, 5.41) is 10.8. The van der Waals surface area contributed by atoms with Gasteiger partial charge in [-0.05, 0) is 23.5 Å². The first kappa shape index (κ1) is 20.0. The lowest BCUT2D eigenvalue weighted by atomic mass is 9.87. The van der Waals surface area contributed by atoms with Crippen LogP contribution < -0.4 is 16.4 Å². The predicted octanol–water partition coefficient (Wildman–Crippen LogP) is 2.87. The van der Waals surface area contributed by atoms with Crippen LogP contribution in [0, 0.1) is 16.7 Å². The molecule has 2 aromatic rings. The molecule has 4 nitrogen and oxygen atoms in total. The number of hydrogen-bond acceptors (Lipinski definition) is 2. The first-order chi connectivity index (χ1) is 12.9. The van der Waals surface area contributed by atoms with Gasteiger partial charge in [0.25, 0.3) is 0 Å². The van der Waals surface area contributed by atoms with Crippen molar-refractivity contribution in [3.05, 3.63) is 56.1 Å². The minimum Gasteiger partial charge on any atom is -0.295 e. The fraction of sp³-hybridized carbons (Fsp3) is 0.429.